The highest BCUT2D eigenvalue weighted by Gasteiger charge is 1.98. The summed E-state index contributed by atoms with van der Waals surface area (Å²) >= 11 is 0. The van der Waals surface area contributed by atoms with Crippen molar-refractivity contribution in [1.29, 1.82) is 0 Å². The van der Waals surface area contributed by atoms with Crippen LogP contribution in [0.5, 0.6) is 0 Å². The van der Waals surface area contributed by atoms with Crippen molar-refractivity contribution in [1.82, 2.24) is 0 Å². The van der Waals surface area contributed by atoms with Crippen LogP contribution in [0, 0.1) is 5.82 Å². The topological polar surface area (TPSA) is 38.0 Å². The van der Waals surface area contributed by atoms with Crippen molar-refractivity contribution >= 4 is 11.4 Å². The normalized spacial score (nSPS) is 10.0. The standard InChI is InChI=1S/C10H15FN2/c1-2-3-6-13-8-4-5-10(12)9(11)7-8/h4-5,7,13H,2-3,6,12H2,1H3. The SMILES string of the molecule is CCCCNc1ccc(N)c(F)c1. The van der Waals surface area contributed by atoms with Crippen LogP contribution in [0.1, 0.15) is 19.8 Å². The van der Waals surface area contributed by atoms with Crippen molar-refractivity contribution in [2.75, 3.05) is 17.6 Å². The molecule has 1 rings (SSSR count). The zero-order chi connectivity index (χ0) is 9.68. The quantitative estimate of drug-likeness (QED) is 0.555. The fourth-order valence-corrected chi connectivity index (χ4v) is 1.05. The number of nitrogens with two attached hydrogens (primary N) is 1. The average molecular weight is 182 g/mol. The number of hydrogen-bond acceptors (Lipinski definition) is 2. The Kier molecular flexibility index (Phi) is 3.55. The van der Waals surface area contributed by atoms with E-state index in [1.807, 2.05) is 0 Å². The Morgan fingerprint density at radius 3 is 2.85 bits per heavy atom. The number of nitrogens with one attached hydrogen (secondary N) is 1. The number of nitrogen functional groups attached to an aromatic ring is 1. The molecule has 0 atom stereocenters. The van der Waals surface area contributed by atoms with E-state index in [0.29, 0.717) is 0 Å². The highest BCUT2D eigenvalue weighted by Crippen LogP contribution is 2.15. The Balaban J connectivity index is 2.53. The zero-order valence-electron chi connectivity index (χ0n) is 7.81. The number of hydrogen-bond donors (Lipinski definition) is 2. The Morgan fingerprint density at radius 2 is 2.23 bits per heavy atom. The molecule has 3 heteroatoms. The van der Waals surface area contributed by atoms with Crippen molar-refractivity contribution in [2.45, 2.75) is 19.8 Å². The van der Waals surface area contributed by atoms with Crippen LogP contribution in [0.3, 0.4) is 0 Å². The first-order chi connectivity index (χ1) is 6.24. The maximum atomic E-state index is 12.9. The van der Waals surface area contributed by atoms with E-state index < -0.39 is 0 Å². The smallest absolute Gasteiger partial charge is 0.148 e. The summed E-state index contributed by atoms with van der Waals surface area (Å²) in [5, 5.41) is 3.12. The van der Waals surface area contributed by atoms with Crippen molar-refractivity contribution in [2.24, 2.45) is 0 Å². The largest absolute Gasteiger partial charge is 0.396 e. The second-order valence-corrected chi connectivity index (χ2v) is 3.02. The number of benzene rings is 1. The van der Waals surface area contributed by atoms with Crippen LogP contribution in [0.25, 0.3) is 0 Å². The molecule has 0 heterocycles. The summed E-state index contributed by atoms with van der Waals surface area (Å²) < 4.78 is 12.9. The molecule has 0 aliphatic carbocycles. The molecule has 0 aliphatic rings. The summed E-state index contributed by atoms with van der Waals surface area (Å²) in [7, 11) is 0. The van der Waals surface area contributed by atoms with Gasteiger partial charge in [0.1, 0.15) is 5.82 Å². The van der Waals surface area contributed by atoms with Gasteiger partial charge in [0.2, 0.25) is 0 Å². The van der Waals surface area contributed by atoms with E-state index >= 15 is 0 Å². The highest BCUT2D eigenvalue weighted by atomic mass is 19.1. The van der Waals surface area contributed by atoms with Gasteiger partial charge in [-0.2, -0.15) is 0 Å². The van der Waals surface area contributed by atoms with Crippen LogP contribution in [0.2, 0.25) is 0 Å². The molecule has 0 aromatic heterocycles. The maximum Gasteiger partial charge on any atom is 0.148 e. The Bertz CT molecular complexity index is 274. The Morgan fingerprint density at radius 1 is 1.46 bits per heavy atom. The summed E-state index contributed by atoms with van der Waals surface area (Å²) in [6, 6.07) is 4.78. The van der Waals surface area contributed by atoms with E-state index in [9.17, 15) is 4.39 Å². The Labute approximate surface area is 77.9 Å². The predicted octanol–water partition coefficient (Wildman–Crippen LogP) is 2.62. The number of rotatable bonds is 4. The monoisotopic (exact) mass is 182 g/mol. The van der Waals surface area contributed by atoms with Gasteiger partial charge in [-0.25, -0.2) is 4.39 Å². The number of unbranched alkanes of at least 4 members (excludes halogenated alkanes) is 1. The molecule has 1 aromatic rings. The first-order valence-corrected chi connectivity index (χ1v) is 4.53. The van der Waals surface area contributed by atoms with Crippen LogP contribution >= 0.6 is 0 Å². The fourth-order valence-electron chi connectivity index (χ4n) is 1.05. The molecule has 3 N–H and O–H groups in total. The molecule has 0 saturated heterocycles. The number of anilines is 2. The maximum absolute atomic E-state index is 12.9. The molecule has 0 radical (unpaired) electrons. The average Bonchev–Trinajstić information content (AvgIpc) is 2.12. The van der Waals surface area contributed by atoms with Gasteiger partial charge in [-0.3, -0.25) is 0 Å². The van der Waals surface area contributed by atoms with E-state index in [1.165, 1.54) is 6.07 Å². The second-order valence-electron chi connectivity index (χ2n) is 3.02. The van der Waals surface area contributed by atoms with E-state index in [4.69, 9.17) is 5.73 Å². The first kappa shape index (κ1) is 9.84. The van der Waals surface area contributed by atoms with E-state index in [0.717, 1.165) is 25.1 Å². The lowest BCUT2D eigenvalue weighted by molar-refractivity contribution is 0.633. The molecular formula is C10H15FN2. The van der Waals surface area contributed by atoms with Crippen molar-refractivity contribution < 1.29 is 4.39 Å². The molecule has 2 nitrogen and oxygen atoms in total. The molecule has 0 spiro atoms. The van der Waals surface area contributed by atoms with Gasteiger partial charge in [0.05, 0.1) is 5.69 Å². The van der Waals surface area contributed by atoms with Gasteiger partial charge >= 0.3 is 0 Å². The van der Waals surface area contributed by atoms with Gasteiger partial charge in [0, 0.05) is 12.2 Å². The Hall–Kier alpha value is -1.25. The third-order valence-electron chi connectivity index (χ3n) is 1.86. The van der Waals surface area contributed by atoms with Crippen molar-refractivity contribution in [3.05, 3.63) is 24.0 Å². The molecule has 72 valence electrons. The van der Waals surface area contributed by atoms with Gasteiger partial charge in [-0.15, -0.1) is 0 Å². The lowest BCUT2D eigenvalue weighted by Gasteiger charge is -2.05. The summed E-state index contributed by atoms with van der Waals surface area (Å²) in [6.45, 7) is 2.99. The molecule has 0 saturated carbocycles. The van der Waals surface area contributed by atoms with Crippen LogP contribution in [-0.2, 0) is 0 Å². The minimum atomic E-state index is -0.360. The summed E-state index contributed by atoms with van der Waals surface area (Å²) in [4.78, 5) is 0. The van der Waals surface area contributed by atoms with E-state index in [-0.39, 0.29) is 11.5 Å². The van der Waals surface area contributed by atoms with Gasteiger partial charge in [-0.05, 0) is 24.6 Å². The first-order valence-electron chi connectivity index (χ1n) is 4.53. The second kappa shape index (κ2) is 4.70. The summed E-state index contributed by atoms with van der Waals surface area (Å²) in [6.07, 6.45) is 2.22. The van der Waals surface area contributed by atoms with Gasteiger partial charge in [-0.1, -0.05) is 13.3 Å². The van der Waals surface area contributed by atoms with E-state index in [1.54, 1.807) is 12.1 Å². The molecule has 0 fully saturated rings. The zero-order valence-corrected chi connectivity index (χ0v) is 7.81. The molecule has 0 bridgehead atoms. The highest BCUT2D eigenvalue weighted by molar-refractivity contribution is 5.52. The molecule has 0 unspecified atom stereocenters. The lowest BCUT2D eigenvalue weighted by Crippen LogP contribution is -2.01. The van der Waals surface area contributed by atoms with Crippen LogP contribution in [-0.4, -0.2) is 6.54 Å². The minimum absolute atomic E-state index is 0.195. The van der Waals surface area contributed by atoms with Gasteiger partial charge in [0.15, 0.2) is 0 Å². The third kappa shape index (κ3) is 2.93. The summed E-state index contributed by atoms with van der Waals surface area (Å²) in [5.74, 6) is -0.360. The molecule has 1 aromatic carbocycles. The summed E-state index contributed by atoms with van der Waals surface area (Å²) in [5.41, 5.74) is 6.33. The minimum Gasteiger partial charge on any atom is -0.396 e. The van der Waals surface area contributed by atoms with Gasteiger partial charge < -0.3 is 11.1 Å². The van der Waals surface area contributed by atoms with E-state index in [2.05, 4.69) is 12.2 Å². The predicted molar refractivity (Wildman–Crippen MR) is 54.2 cm³/mol. The molecule has 0 aliphatic heterocycles. The lowest BCUT2D eigenvalue weighted by atomic mass is 10.2. The molecular weight excluding hydrogens is 167 g/mol. The van der Waals surface area contributed by atoms with Crippen LogP contribution in [0.15, 0.2) is 18.2 Å². The molecule has 0 amide bonds. The van der Waals surface area contributed by atoms with Gasteiger partial charge in [0.25, 0.3) is 0 Å². The molecule has 13 heavy (non-hydrogen) atoms. The van der Waals surface area contributed by atoms with Crippen LogP contribution in [0.4, 0.5) is 15.8 Å². The third-order valence-corrected chi connectivity index (χ3v) is 1.86. The van der Waals surface area contributed by atoms with Crippen LogP contribution < -0.4 is 11.1 Å². The fraction of sp³-hybridized carbons (Fsp3) is 0.400. The number of halogens is 1. The van der Waals surface area contributed by atoms with Crippen molar-refractivity contribution in [3.8, 4) is 0 Å². The van der Waals surface area contributed by atoms with Crippen molar-refractivity contribution in [3.63, 3.8) is 0 Å².